The van der Waals surface area contributed by atoms with E-state index in [9.17, 15) is 5.11 Å². The Hall–Kier alpha value is -0.930. The number of pyridine rings is 1. The average Bonchev–Trinajstić information content (AvgIpc) is 2.25. The lowest BCUT2D eigenvalue weighted by atomic mass is 9.89. The maximum Gasteiger partial charge on any atom is 0.0596 e. The molecule has 0 aromatic carbocycles. The van der Waals surface area contributed by atoms with Gasteiger partial charge in [0.1, 0.15) is 0 Å². The fourth-order valence-electron chi connectivity index (χ4n) is 2.22. The second kappa shape index (κ2) is 4.73. The number of piperidine rings is 1. The highest BCUT2D eigenvalue weighted by molar-refractivity contribution is 5.11. The van der Waals surface area contributed by atoms with Gasteiger partial charge < -0.3 is 10.0 Å². The van der Waals surface area contributed by atoms with E-state index in [-0.39, 0.29) is 6.10 Å². The summed E-state index contributed by atoms with van der Waals surface area (Å²) < 4.78 is 0. The molecule has 82 valence electrons. The molecule has 1 aliphatic heterocycles. The molecule has 1 N–H and O–H groups in total. The highest BCUT2D eigenvalue weighted by atomic mass is 16.3. The van der Waals surface area contributed by atoms with Crippen molar-refractivity contribution in [2.24, 2.45) is 5.92 Å². The summed E-state index contributed by atoms with van der Waals surface area (Å²) in [5, 5.41) is 9.91. The summed E-state index contributed by atoms with van der Waals surface area (Å²) in [7, 11) is 2.12. The zero-order valence-electron chi connectivity index (χ0n) is 9.13. The minimum atomic E-state index is -0.144. The summed E-state index contributed by atoms with van der Waals surface area (Å²) in [5.74, 6) is 0.367. The van der Waals surface area contributed by atoms with Crippen LogP contribution in [0.5, 0.6) is 0 Å². The number of hydrogen-bond donors (Lipinski definition) is 1. The van der Waals surface area contributed by atoms with Gasteiger partial charge >= 0.3 is 0 Å². The minimum Gasteiger partial charge on any atom is -0.393 e. The van der Waals surface area contributed by atoms with Gasteiger partial charge in [-0.15, -0.1) is 0 Å². The first-order valence-electron chi connectivity index (χ1n) is 5.51. The van der Waals surface area contributed by atoms with Crippen LogP contribution in [0, 0.1) is 5.92 Å². The van der Waals surface area contributed by atoms with Crippen LogP contribution in [0.2, 0.25) is 0 Å². The first-order chi connectivity index (χ1) is 7.25. The molecule has 0 aliphatic carbocycles. The number of hydrogen-bond acceptors (Lipinski definition) is 3. The van der Waals surface area contributed by atoms with Crippen LogP contribution < -0.4 is 0 Å². The van der Waals surface area contributed by atoms with Gasteiger partial charge in [0.05, 0.1) is 6.10 Å². The van der Waals surface area contributed by atoms with Crippen molar-refractivity contribution in [3.05, 3.63) is 30.1 Å². The Balaban J connectivity index is 1.98. The normalized spacial score (nSPS) is 27.9. The number of aliphatic hydroxyl groups excluding tert-OH is 1. The van der Waals surface area contributed by atoms with Crippen molar-refractivity contribution in [1.29, 1.82) is 0 Å². The zero-order chi connectivity index (χ0) is 10.7. The van der Waals surface area contributed by atoms with Gasteiger partial charge in [0.2, 0.25) is 0 Å². The molecule has 15 heavy (non-hydrogen) atoms. The second-order valence-corrected chi connectivity index (χ2v) is 4.44. The summed E-state index contributed by atoms with van der Waals surface area (Å²) >= 11 is 0. The van der Waals surface area contributed by atoms with E-state index in [1.54, 1.807) is 0 Å². The molecule has 2 atom stereocenters. The molecule has 3 nitrogen and oxygen atoms in total. The average molecular weight is 206 g/mol. The van der Waals surface area contributed by atoms with Crippen LogP contribution in [-0.2, 0) is 6.42 Å². The van der Waals surface area contributed by atoms with E-state index in [2.05, 4.69) is 16.9 Å². The molecule has 0 radical (unpaired) electrons. The molecule has 0 bridgehead atoms. The van der Waals surface area contributed by atoms with Gasteiger partial charge in [0.15, 0.2) is 0 Å². The number of aliphatic hydroxyl groups is 1. The fourth-order valence-corrected chi connectivity index (χ4v) is 2.22. The molecule has 2 heterocycles. The molecule has 1 aliphatic rings. The standard InChI is InChI=1S/C12H18N2O/c1-14-7-4-12(15)11(9-14)8-10-2-5-13-6-3-10/h2-3,5-6,11-12,15H,4,7-9H2,1H3. The molecule has 1 aromatic rings. The lowest BCUT2D eigenvalue weighted by Gasteiger charge is -2.33. The molecule has 1 aromatic heterocycles. The number of nitrogens with zero attached hydrogens (tertiary/aromatic N) is 2. The van der Waals surface area contributed by atoms with Gasteiger partial charge in [0.25, 0.3) is 0 Å². The van der Waals surface area contributed by atoms with Crippen molar-refractivity contribution in [3.8, 4) is 0 Å². The summed E-state index contributed by atoms with van der Waals surface area (Å²) in [5.41, 5.74) is 1.27. The van der Waals surface area contributed by atoms with Crippen molar-refractivity contribution in [2.75, 3.05) is 20.1 Å². The molecule has 0 saturated carbocycles. The van der Waals surface area contributed by atoms with Gasteiger partial charge in [-0.2, -0.15) is 0 Å². The summed E-state index contributed by atoms with van der Waals surface area (Å²) in [6, 6.07) is 4.06. The molecule has 2 unspecified atom stereocenters. The van der Waals surface area contributed by atoms with Crippen LogP contribution in [0.25, 0.3) is 0 Å². The van der Waals surface area contributed by atoms with Crippen molar-refractivity contribution in [3.63, 3.8) is 0 Å². The molecule has 1 saturated heterocycles. The van der Waals surface area contributed by atoms with Crippen molar-refractivity contribution < 1.29 is 5.11 Å². The van der Waals surface area contributed by atoms with Crippen LogP contribution in [0.3, 0.4) is 0 Å². The van der Waals surface area contributed by atoms with Crippen LogP contribution in [-0.4, -0.2) is 41.2 Å². The van der Waals surface area contributed by atoms with E-state index in [4.69, 9.17) is 0 Å². The predicted octanol–water partition coefficient (Wildman–Crippen LogP) is 0.937. The van der Waals surface area contributed by atoms with E-state index in [0.717, 1.165) is 25.9 Å². The monoisotopic (exact) mass is 206 g/mol. The SMILES string of the molecule is CN1CCC(O)C(Cc2ccncc2)C1. The Bertz CT molecular complexity index is 302. The highest BCUT2D eigenvalue weighted by Crippen LogP contribution is 2.20. The summed E-state index contributed by atoms with van der Waals surface area (Å²) in [4.78, 5) is 6.29. The topological polar surface area (TPSA) is 36.4 Å². The third-order valence-electron chi connectivity index (χ3n) is 3.14. The molecule has 0 amide bonds. The molecule has 2 rings (SSSR count). The summed E-state index contributed by atoms with van der Waals surface area (Å²) in [6.07, 6.45) is 5.33. The lowest BCUT2D eigenvalue weighted by molar-refractivity contribution is 0.0366. The van der Waals surface area contributed by atoms with E-state index in [0.29, 0.717) is 5.92 Å². The van der Waals surface area contributed by atoms with Gasteiger partial charge in [-0.3, -0.25) is 4.98 Å². The van der Waals surface area contributed by atoms with Gasteiger partial charge in [-0.25, -0.2) is 0 Å². The van der Waals surface area contributed by atoms with Crippen LogP contribution in [0.4, 0.5) is 0 Å². The third kappa shape index (κ3) is 2.76. The van der Waals surface area contributed by atoms with Crippen molar-refractivity contribution in [2.45, 2.75) is 18.9 Å². The third-order valence-corrected chi connectivity index (χ3v) is 3.14. The van der Waals surface area contributed by atoms with Crippen LogP contribution >= 0.6 is 0 Å². The van der Waals surface area contributed by atoms with E-state index < -0.39 is 0 Å². The Morgan fingerprint density at radius 2 is 2.20 bits per heavy atom. The fraction of sp³-hybridized carbons (Fsp3) is 0.583. The Kier molecular flexibility index (Phi) is 3.34. The highest BCUT2D eigenvalue weighted by Gasteiger charge is 2.25. The van der Waals surface area contributed by atoms with Crippen LogP contribution in [0.1, 0.15) is 12.0 Å². The molecule has 1 fully saturated rings. The Morgan fingerprint density at radius 1 is 1.47 bits per heavy atom. The first-order valence-corrected chi connectivity index (χ1v) is 5.51. The molecular formula is C12H18N2O. The van der Waals surface area contributed by atoms with Crippen LogP contribution in [0.15, 0.2) is 24.5 Å². The van der Waals surface area contributed by atoms with E-state index in [1.165, 1.54) is 5.56 Å². The predicted molar refractivity (Wildman–Crippen MR) is 59.6 cm³/mol. The quantitative estimate of drug-likeness (QED) is 0.782. The number of likely N-dealkylation sites (tertiary alicyclic amines) is 1. The Labute approximate surface area is 90.8 Å². The molecule has 0 spiro atoms. The maximum atomic E-state index is 9.91. The maximum absolute atomic E-state index is 9.91. The van der Waals surface area contributed by atoms with E-state index in [1.807, 2.05) is 24.5 Å². The first kappa shape index (κ1) is 10.6. The van der Waals surface area contributed by atoms with Crippen molar-refractivity contribution in [1.82, 2.24) is 9.88 Å². The largest absolute Gasteiger partial charge is 0.393 e. The number of aromatic nitrogens is 1. The van der Waals surface area contributed by atoms with Gasteiger partial charge in [0, 0.05) is 31.4 Å². The van der Waals surface area contributed by atoms with Crippen molar-refractivity contribution >= 4 is 0 Å². The molecule has 3 heteroatoms. The summed E-state index contributed by atoms with van der Waals surface area (Å²) in [6.45, 7) is 2.00. The number of rotatable bonds is 2. The minimum absolute atomic E-state index is 0.144. The van der Waals surface area contributed by atoms with Gasteiger partial charge in [-0.05, 0) is 37.6 Å². The van der Waals surface area contributed by atoms with E-state index >= 15 is 0 Å². The zero-order valence-corrected chi connectivity index (χ0v) is 9.13. The lowest BCUT2D eigenvalue weighted by Crippen LogP contribution is -2.41. The Morgan fingerprint density at radius 3 is 2.93 bits per heavy atom. The van der Waals surface area contributed by atoms with Gasteiger partial charge in [-0.1, -0.05) is 0 Å². The second-order valence-electron chi connectivity index (χ2n) is 4.44. The molecular weight excluding hydrogens is 188 g/mol. The smallest absolute Gasteiger partial charge is 0.0596 e.